The number of benzene rings is 1. The Hall–Kier alpha value is -1.51. The van der Waals surface area contributed by atoms with E-state index in [1.165, 1.54) is 5.56 Å². The molecule has 1 rings (SSSR count). The average Bonchev–Trinajstić information content (AvgIpc) is 2.28. The third-order valence-corrected chi connectivity index (χ3v) is 2.48. The quantitative estimate of drug-likeness (QED) is 0.696. The summed E-state index contributed by atoms with van der Waals surface area (Å²) in [7, 11) is 0. The zero-order valence-electron chi connectivity index (χ0n) is 9.70. The zero-order chi connectivity index (χ0) is 11.8. The molecule has 0 radical (unpaired) electrons. The van der Waals surface area contributed by atoms with E-state index in [1.807, 2.05) is 12.1 Å². The van der Waals surface area contributed by atoms with E-state index in [-0.39, 0.29) is 6.42 Å². The van der Waals surface area contributed by atoms with Crippen LogP contribution in [0.15, 0.2) is 24.3 Å². The van der Waals surface area contributed by atoms with Crippen molar-refractivity contribution in [2.45, 2.75) is 32.6 Å². The number of carbonyl (C=O) groups is 1. The molecule has 0 saturated heterocycles. The largest absolute Gasteiger partial charge is 0.481 e. The summed E-state index contributed by atoms with van der Waals surface area (Å²) < 4.78 is 0. The molecule has 88 valence electrons. The highest BCUT2D eigenvalue weighted by molar-refractivity contribution is 5.66. The van der Waals surface area contributed by atoms with Crippen LogP contribution in [-0.2, 0) is 11.2 Å². The highest BCUT2D eigenvalue weighted by Crippen LogP contribution is 2.11. The minimum atomic E-state index is -0.715. The summed E-state index contributed by atoms with van der Waals surface area (Å²) in [6, 6.07) is 8.32. The van der Waals surface area contributed by atoms with Crippen molar-refractivity contribution >= 4 is 11.7 Å². The smallest absolute Gasteiger partial charge is 0.303 e. The SMILES string of the molecule is CCc1cccc(NCCCCC(=O)O)c1. The molecule has 16 heavy (non-hydrogen) atoms. The highest BCUT2D eigenvalue weighted by Gasteiger charge is 1.97. The van der Waals surface area contributed by atoms with Crippen LogP contribution in [0.1, 0.15) is 31.7 Å². The van der Waals surface area contributed by atoms with Gasteiger partial charge in [0.25, 0.3) is 0 Å². The molecule has 0 saturated carbocycles. The molecule has 0 fully saturated rings. The van der Waals surface area contributed by atoms with Crippen molar-refractivity contribution in [3.8, 4) is 0 Å². The van der Waals surface area contributed by atoms with Gasteiger partial charge in [0.1, 0.15) is 0 Å². The standard InChI is InChI=1S/C13H19NO2/c1-2-11-6-5-7-12(10-11)14-9-4-3-8-13(15)16/h5-7,10,14H,2-4,8-9H2,1H3,(H,15,16). The number of hydrogen-bond donors (Lipinski definition) is 2. The maximum Gasteiger partial charge on any atom is 0.303 e. The van der Waals surface area contributed by atoms with Crippen molar-refractivity contribution in [1.29, 1.82) is 0 Å². The Labute approximate surface area is 96.5 Å². The lowest BCUT2D eigenvalue weighted by molar-refractivity contribution is -0.137. The van der Waals surface area contributed by atoms with Gasteiger partial charge in [-0.1, -0.05) is 19.1 Å². The molecule has 2 N–H and O–H groups in total. The van der Waals surface area contributed by atoms with Crippen LogP contribution in [0.5, 0.6) is 0 Å². The van der Waals surface area contributed by atoms with Crippen LogP contribution in [-0.4, -0.2) is 17.6 Å². The van der Waals surface area contributed by atoms with Gasteiger partial charge < -0.3 is 10.4 Å². The monoisotopic (exact) mass is 221 g/mol. The molecule has 0 amide bonds. The second-order valence-electron chi connectivity index (χ2n) is 3.83. The molecule has 0 aliphatic carbocycles. The number of aryl methyl sites for hydroxylation is 1. The average molecular weight is 221 g/mol. The predicted molar refractivity (Wildman–Crippen MR) is 65.8 cm³/mol. The number of carboxylic acids is 1. The maximum absolute atomic E-state index is 10.3. The number of rotatable bonds is 7. The van der Waals surface area contributed by atoms with Gasteiger partial charge in [0.2, 0.25) is 0 Å². The molecule has 3 nitrogen and oxygen atoms in total. The Morgan fingerprint density at radius 2 is 2.19 bits per heavy atom. The number of hydrogen-bond acceptors (Lipinski definition) is 2. The summed E-state index contributed by atoms with van der Waals surface area (Å²) >= 11 is 0. The summed E-state index contributed by atoms with van der Waals surface area (Å²) in [4.78, 5) is 10.3. The van der Waals surface area contributed by atoms with E-state index in [9.17, 15) is 4.79 Å². The van der Waals surface area contributed by atoms with Crippen molar-refractivity contribution < 1.29 is 9.90 Å². The first-order valence-electron chi connectivity index (χ1n) is 5.77. The minimum Gasteiger partial charge on any atom is -0.481 e. The molecule has 0 unspecified atom stereocenters. The molecule has 0 aliphatic heterocycles. The molecule has 0 atom stereocenters. The van der Waals surface area contributed by atoms with Gasteiger partial charge in [-0.25, -0.2) is 0 Å². The van der Waals surface area contributed by atoms with E-state index in [2.05, 4.69) is 24.4 Å². The number of unbranched alkanes of at least 4 members (excludes halogenated alkanes) is 1. The second-order valence-corrected chi connectivity index (χ2v) is 3.83. The molecular formula is C13H19NO2. The molecule has 1 aromatic rings. The van der Waals surface area contributed by atoms with Crippen LogP contribution in [0.3, 0.4) is 0 Å². The highest BCUT2D eigenvalue weighted by atomic mass is 16.4. The fourth-order valence-electron chi connectivity index (χ4n) is 1.54. The lowest BCUT2D eigenvalue weighted by Crippen LogP contribution is -2.03. The van der Waals surface area contributed by atoms with Crippen LogP contribution in [0, 0.1) is 0 Å². The first-order valence-corrected chi connectivity index (χ1v) is 5.77. The summed E-state index contributed by atoms with van der Waals surface area (Å²) in [6.45, 7) is 2.96. The topological polar surface area (TPSA) is 49.3 Å². The van der Waals surface area contributed by atoms with E-state index in [1.54, 1.807) is 0 Å². The van der Waals surface area contributed by atoms with E-state index in [4.69, 9.17) is 5.11 Å². The fraction of sp³-hybridized carbons (Fsp3) is 0.462. The van der Waals surface area contributed by atoms with Gasteiger partial charge >= 0.3 is 5.97 Å². The van der Waals surface area contributed by atoms with Gasteiger partial charge in [-0.05, 0) is 37.0 Å². The molecule has 0 aliphatic rings. The summed E-state index contributed by atoms with van der Waals surface area (Å²) in [6.07, 6.45) is 2.92. The lowest BCUT2D eigenvalue weighted by atomic mass is 10.1. The number of anilines is 1. The number of carboxylic acid groups (broad SMARTS) is 1. The van der Waals surface area contributed by atoms with Gasteiger partial charge in [-0.15, -0.1) is 0 Å². The van der Waals surface area contributed by atoms with E-state index >= 15 is 0 Å². The fourth-order valence-corrected chi connectivity index (χ4v) is 1.54. The second kappa shape index (κ2) is 6.88. The van der Waals surface area contributed by atoms with Crippen LogP contribution >= 0.6 is 0 Å². The minimum absolute atomic E-state index is 0.261. The van der Waals surface area contributed by atoms with Crippen molar-refractivity contribution in [1.82, 2.24) is 0 Å². The summed E-state index contributed by atoms with van der Waals surface area (Å²) in [5.41, 5.74) is 2.44. The maximum atomic E-state index is 10.3. The van der Waals surface area contributed by atoms with Gasteiger partial charge in [-0.2, -0.15) is 0 Å². The van der Waals surface area contributed by atoms with Gasteiger partial charge in [0.05, 0.1) is 0 Å². The van der Waals surface area contributed by atoms with Gasteiger partial charge in [0.15, 0.2) is 0 Å². The first kappa shape index (κ1) is 12.6. The molecule has 0 aromatic heterocycles. The Kier molecular flexibility index (Phi) is 5.40. The molecule has 0 spiro atoms. The Morgan fingerprint density at radius 3 is 2.88 bits per heavy atom. The number of nitrogens with one attached hydrogen (secondary N) is 1. The normalized spacial score (nSPS) is 10.1. The van der Waals surface area contributed by atoms with Crippen LogP contribution in [0.25, 0.3) is 0 Å². The Bertz CT molecular complexity index is 336. The van der Waals surface area contributed by atoms with Crippen LogP contribution < -0.4 is 5.32 Å². The van der Waals surface area contributed by atoms with Crippen molar-refractivity contribution in [2.75, 3.05) is 11.9 Å². The summed E-state index contributed by atoms with van der Waals surface area (Å²) in [5.74, 6) is -0.715. The lowest BCUT2D eigenvalue weighted by Gasteiger charge is -2.07. The zero-order valence-corrected chi connectivity index (χ0v) is 9.70. The van der Waals surface area contributed by atoms with Gasteiger partial charge in [0, 0.05) is 18.7 Å². The first-order chi connectivity index (χ1) is 7.72. The molecule has 1 aromatic carbocycles. The molecule has 0 bridgehead atoms. The van der Waals surface area contributed by atoms with Crippen molar-refractivity contribution in [3.63, 3.8) is 0 Å². The van der Waals surface area contributed by atoms with Crippen molar-refractivity contribution in [3.05, 3.63) is 29.8 Å². The Balaban J connectivity index is 2.23. The molecule has 0 heterocycles. The van der Waals surface area contributed by atoms with Crippen LogP contribution in [0.2, 0.25) is 0 Å². The van der Waals surface area contributed by atoms with E-state index < -0.39 is 5.97 Å². The molecule has 3 heteroatoms. The van der Waals surface area contributed by atoms with Crippen molar-refractivity contribution in [2.24, 2.45) is 0 Å². The predicted octanol–water partition coefficient (Wildman–Crippen LogP) is 2.92. The van der Waals surface area contributed by atoms with E-state index in [0.29, 0.717) is 0 Å². The van der Waals surface area contributed by atoms with E-state index in [0.717, 1.165) is 31.5 Å². The third kappa shape index (κ3) is 4.82. The third-order valence-electron chi connectivity index (χ3n) is 2.48. The van der Waals surface area contributed by atoms with Crippen LogP contribution in [0.4, 0.5) is 5.69 Å². The number of aliphatic carboxylic acids is 1. The molecular weight excluding hydrogens is 202 g/mol. The Morgan fingerprint density at radius 1 is 1.38 bits per heavy atom. The summed E-state index contributed by atoms with van der Waals surface area (Å²) in [5, 5.41) is 11.8. The van der Waals surface area contributed by atoms with Gasteiger partial charge in [-0.3, -0.25) is 4.79 Å².